The second-order valence-corrected chi connectivity index (χ2v) is 13.9. The van der Waals surface area contributed by atoms with Gasteiger partial charge in [-0.2, -0.15) is 0 Å². The molecule has 2 heterocycles. The number of hydrogen-bond donors (Lipinski definition) is 0. The number of hydrogen-bond acceptors (Lipinski definition) is 2. The van der Waals surface area contributed by atoms with Gasteiger partial charge in [0.1, 0.15) is 11.9 Å². The smallest absolute Gasteiger partial charge is 0.135 e. The monoisotopic (exact) mass is 664 g/mol. The summed E-state index contributed by atoms with van der Waals surface area (Å²) in [5, 5.41) is 9.88. The zero-order valence-corrected chi connectivity index (χ0v) is 28.3. The van der Waals surface area contributed by atoms with E-state index in [9.17, 15) is 0 Å². The lowest BCUT2D eigenvalue weighted by atomic mass is 9.79. The summed E-state index contributed by atoms with van der Waals surface area (Å²) in [5.74, 6) is 1.04. The lowest BCUT2D eigenvalue weighted by molar-refractivity contribution is 0.278. The van der Waals surface area contributed by atoms with Crippen LogP contribution in [0.2, 0.25) is 0 Å². The van der Waals surface area contributed by atoms with Gasteiger partial charge in [-0.05, 0) is 89.1 Å². The van der Waals surface area contributed by atoms with Crippen LogP contribution < -0.4 is 4.74 Å². The number of furan rings is 1. The Morgan fingerprint density at radius 1 is 0.423 bits per heavy atom. The second kappa shape index (κ2) is 11.4. The van der Waals surface area contributed by atoms with Gasteiger partial charge in [-0.1, -0.05) is 152 Å². The van der Waals surface area contributed by atoms with Gasteiger partial charge in [-0.25, -0.2) is 0 Å². The summed E-state index contributed by atoms with van der Waals surface area (Å²) in [4.78, 5) is 0. The van der Waals surface area contributed by atoms with Crippen molar-refractivity contribution in [1.29, 1.82) is 0 Å². The van der Waals surface area contributed by atoms with Crippen LogP contribution in [0.5, 0.6) is 5.75 Å². The lowest BCUT2D eigenvalue weighted by Gasteiger charge is -2.26. The fraction of sp³-hybridized carbons (Fsp3) is 0.0400. The molecule has 2 nitrogen and oxygen atoms in total. The molecule has 9 aromatic rings. The van der Waals surface area contributed by atoms with E-state index in [1.54, 1.807) is 6.26 Å². The standard InChI is InChI=1S/C50H32O2/c1-2-13-31(14-3-1)46-38-19-8-10-21-40(38)49(41-22-11-9-20-39(41)46)43-24-12-23-42-44-29-32(25-26-45(44)52-50(42)43)47-34-15-4-6-17-36(34)48(33-27-28-51-30-33)37-18-7-5-16-35(37)47/h1-30,42,50H. The summed E-state index contributed by atoms with van der Waals surface area (Å²) in [6.07, 6.45) is 10.3. The van der Waals surface area contributed by atoms with Crippen molar-refractivity contribution in [2.24, 2.45) is 0 Å². The van der Waals surface area contributed by atoms with Crippen LogP contribution in [0.15, 0.2) is 187 Å². The van der Waals surface area contributed by atoms with Gasteiger partial charge in [0.2, 0.25) is 0 Å². The van der Waals surface area contributed by atoms with E-state index in [0.717, 1.165) is 11.3 Å². The van der Waals surface area contributed by atoms with Crippen molar-refractivity contribution in [2.75, 3.05) is 0 Å². The minimum atomic E-state index is -0.137. The van der Waals surface area contributed by atoms with E-state index < -0.39 is 0 Å². The molecule has 8 aromatic carbocycles. The summed E-state index contributed by atoms with van der Waals surface area (Å²) in [7, 11) is 0. The first-order valence-corrected chi connectivity index (χ1v) is 18.0. The molecule has 2 aliphatic rings. The highest BCUT2D eigenvalue weighted by Crippen LogP contribution is 2.52. The average Bonchev–Trinajstić information content (AvgIpc) is 3.88. The first-order valence-electron chi connectivity index (χ1n) is 18.0. The van der Waals surface area contributed by atoms with Crippen LogP contribution >= 0.6 is 0 Å². The van der Waals surface area contributed by atoms with Crippen molar-refractivity contribution in [2.45, 2.75) is 12.0 Å². The van der Waals surface area contributed by atoms with Gasteiger partial charge < -0.3 is 9.15 Å². The Morgan fingerprint density at radius 3 is 1.46 bits per heavy atom. The Kier molecular flexibility index (Phi) is 6.41. The molecule has 2 unspecified atom stereocenters. The number of allylic oxidation sites excluding steroid dienone is 2. The molecule has 2 heteroatoms. The molecule has 0 radical (unpaired) electrons. The molecule has 11 rings (SSSR count). The van der Waals surface area contributed by atoms with Crippen LogP contribution in [-0.4, -0.2) is 6.10 Å². The summed E-state index contributed by atoms with van der Waals surface area (Å²) in [5.41, 5.74) is 10.9. The Hall–Kier alpha value is -6.64. The fourth-order valence-corrected chi connectivity index (χ4v) is 9.02. The van der Waals surface area contributed by atoms with E-state index >= 15 is 0 Å². The maximum absolute atomic E-state index is 6.99. The van der Waals surface area contributed by atoms with E-state index in [1.165, 1.54) is 87.6 Å². The van der Waals surface area contributed by atoms with Crippen molar-refractivity contribution in [3.8, 4) is 39.1 Å². The first kappa shape index (κ1) is 29.1. The van der Waals surface area contributed by atoms with Gasteiger partial charge in [0.15, 0.2) is 0 Å². The minimum absolute atomic E-state index is 0.0870. The number of rotatable bonds is 4. The van der Waals surface area contributed by atoms with Gasteiger partial charge in [0, 0.05) is 28.2 Å². The molecule has 0 fully saturated rings. The third-order valence-corrected chi connectivity index (χ3v) is 11.2. The van der Waals surface area contributed by atoms with Crippen molar-refractivity contribution in [3.05, 3.63) is 194 Å². The highest BCUT2D eigenvalue weighted by Gasteiger charge is 2.38. The predicted octanol–water partition coefficient (Wildman–Crippen LogP) is 13.4. The molecule has 244 valence electrons. The van der Waals surface area contributed by atoms with E-state index in [4.69, 9.17) is 9.15 Å². The fourth-order valence-electron chi connectivity index (χ4n) is 9.02. The van der Waals surface area contributed by atoms with Gasteiger partial charge in [-0.3, -0.25) is 0 Å². The molecule has 1 aromatic heterocycles. The van der Waals surface area contributed by atoms with Crippen LogP contribution in [0.25, 0.3) is 82.0 Å². The van der Waals surface area contributed by atoms with Gasteiger partial charge in [-0.15, -0.1) is 0 Å². The third kappa shape index (κ3) is 4.25. The van der Waals surface area contributed by atoms with Crippen molar-refractivity contribution < 1.29 is 9.15 Å². The molecule has 0 bridgehead atoms. The maximum atomic E-state index is 6.99. The average molecular weight is 665 g/mol. The molecule has 0 spiro atoms. The molecule has 0 saturated carbocycles. The Labute approximate surface area is 301 Å². The normalized spacial score (nSPS) is 16.3. The van der Waals surface area contributed by atoms with E-state index in [2.05, 4.69) is 170 Å². The SMILES string of the molecule is C1=CC2c3cc(-c4c5ccccc5c(-c5ccoc5)c5ccccc45)ccc3OC2C(c2c3ccccc3c(-c3ccccc3)c3ccccc23)=C1. The van der Waals surface area contributed by atoms with Crippen molar-refractivity contribution in [1.82, 2.24) is 0 Å². The van der Waals surface area contributed by atoms with Crippen LogP contribution in [0, 0.1) is 0 Å². The molecule has 2 atom stereocenters. The lowest BCUT2D eigenvalue weighted by Crippen LogP contribution is -2.21. The highest BCUT2D eigenvalue weighted by molar-refractivity contribution is 6.22. The molecule has 1 aliphatic carbocycles. The van der Waals surface area contributed by atoms with E-state index in [1.807, 2.05) is 6.26 Å². The molecule has 0 amide bonds. The summed E-state index contributed by atoms with van der Waals surface area (Å²) < 4.78 is 12.6. The minimum Gasteiger partial charge on any atom is -0.484 e. The zero-order valence-electron chi connectivity index (χ0n) is 28.3. The van der Waals surface area contributed by atoms with Crippen LogP contribution in [0.3, 0.4) is 0 Å². The zero-order chi connectivity index (χ0) is 34.2. The molecule has 0 saturated heterocycles. The van der Waals surface area contributed by atoms with Gasteiger partial charge >= 0.3 is 0 Å². The van der Waals surface area contributed by atoms with Crippen LogP contribution in [0.1, 0.15) is 17.0 Å². The number of ether oxygens (including phenoxy) is 1. The van der Waals surface area contributed by atoms with Crippen LogP contribution in [-0.2, 0) is 0 Å². The topological polar surface area (TPSA) is 22.4 Å². The Morgan fingerprint density at radius 2 is 0.923 bits per heavy atom. The van der Waals surface area contributed by atoms with E-state index in [-0.39, 0.29) is 12.0 Å². The Bertz CT molecular complexity index is 2820. The van der Waals surface area contributed by atoms with Gasteiger partial charge in [0.05, 0.1) is 12.5 Å². The maximum Gasteiger partial charge on any atom is 0.135 e. The number of fused-ring (bicyclic) bond motifs is 7. The molecule has 1 aliphatic heterocycles. The van der Waals surface area contributed by atoms with Crippen molar-refractivity contribution in [3.63, 3.8) is 0 Å². The molecular formula is C50H32O2. The van der Waals surface area contributed by atoms with E-state index in [0.29, 0.717) is 0 Å². The quantitative estimate of drug-likeness (QED) is 0.175. The first-order chi connectivity index (χ1) is 25.8. The number of benzene rings is 8. The molecule has 0 N–H and O–H groups in total. The highest BCUT2D eigenvalue weighted by atomic mass is 16.5. The summed E-state index contributed by atoms with van der Waals surface area (Å²) in [6.45, 7) is 0. The predicted molar refractivity (Wildman–Crippen MR) is 216 cm³/mol. The van der Waals surface area contributed by atoms with Crippen molar-refractivity contribution >= 4 is 48.7 Å². The molecular weight excluding hydrogens is 633 g/mol. The summed E-state index contributed by atoms with van der Waals surface area (Å²) in [6, 6.07) is 54.9. The largest absolute Gasteiger partial charge is 0.484 e. The third-order valence-electron chi connectivity index (χ3n) is 11.2. The van der Waals surface area contributed by atoms with Crippen LogP contribution in [0.4, 0.5) is 0 Å². The second-order valence-electron chi connectivity index (χ2n) is 13.9. The summed E-state index contributed by atoms with van der Waals surface area (Å²) >= 11 is 0. The molecule has 52 heavy (non-hydrogen) atoms. The Balaban J connectivity index is 1.08. The van der Waals surface area contributed by atoms with Gasteiger partial charge in [0.25, 0.3) is 0 Å².